The van der Waals surface area contributed by atoms with Crippen molar-refractivity contribution in [1.82, 2.24) is 9.80 Å². The number of likely N-dealkylation sites (N-methyl/N-ethyl adjacent to an activating group) is 1. The third-order valence-corrected chi connectivity index (χ3v) is 4.80. The van der Waals surface area contributed by atoms with Gasteiger partial charge in [0.1, 0.15) is 0 Å². The Morgan fingerprint density at radius 1 is 1.55 bits per heavy atom. The number of aliphatic carboxylic acids is 1. The van der Waals surface area contributed by atoms with Crippen molar-refractivity contribution in [3.63, 3.8) is 0 Å². The molecule has 1 aliphatic heterocycles. The Morgan fingerprint density at radius 2 is 2.30 bits per heavy atom. The third kappa shape index (κ3) is 3.12. The number of likely N-dealkylation sites (tertiary alicyclic amines) is 1. The van der Waals surface area contributed by atoms with E-state index in [-0.39, 0.29) is 6.03 Å². The summed E-state index contributed by atoms with van der Waals surface area (Å²) in [5, 5.41) is 11.2. The Morgan fingerprint density at radius 3 is 2.85 bits per heavy atom. The molecule has 2 heterocycles. The van der Waals surface area contributed by atoms with Crippen LogP contribution in [0.2, 0.25) is 0 Å². The predicted octanol–water partition coefficient (Wildman–Crippen LogP) is 2.14. The van der Waals surface area contributed by atoms with Gasteiger partial charge in [-0.15, -0.1) is 11.3 Å². The van der Waals surface area contributed by atoms with Gasteiger partial charge in [0.15, 0.2) is 0 Å². The van der Waals surface area contributed by atoms with Gasteiger partial charge in [0.05, 0.1) is 5.41 Å². The van der Waals surface area contributed by atoms with E-state index in [1.165, 1.54) is 4.88 Å². The van der Waals surface area contributed by atoms with Crippen molar-refractivity contribution in [3.8, 4) is 0 Å². The molecule has 0 saturated carbocycles. The molecule has 5 nitrogen and oxygen atoms in total. The Balaban J connectivity index is 1.87. The highest BCUT2D eigenvalue weighted by atomic mass is 32.1. The quantitative estimate of drug-likeness (QED) is 0.926. The van der Waals surface area contributed by atoms with Crippen molar-refractivity contribution in [2.75, 3.05) is 26.7 Å². The minimum Gasteiger partial charge on any atom is -0.481 e. The number of rotatable bonds is 4. The molecule has 0 radical (unpaired) electrons. The molecule has 0 bridgehead atoms. The molecule has 1 fully saturated rings. The van der Waals surface area contributed by atoms with Crippen LogP contribution in [0.5, 0.6) is 0 Å². The summed E-state index contributed by atoms with van der Waals surface area (Å²) in [7, 11) is 1.77. The zero-order valence-corrected chi connectivity index (χ0v) is 12.7. The lowest BCUT2D eigenvalue weighted by atomic mass is 9.90. The molecule has 2 rings (SSSR count). The van der Waals surface area contributed by atoms with Gasteiger partial charge in [0.2, 0.25) is 0 Å². The van der Waals surface area contributed by atoms with E-state index in [1.54, 1.807) is 35.1 Å². The van der Waals surface area contributed by atoms with Crippen LogP contribution in [0.4, 0.5) is 4.79 Å². The Hall–Kier alpha value is -1.56. The smallest absolute Gasteiger partial charge is 0.319 e. The molecular formula is C14H20N2O3S. The lowest BCUT2D eigenvalue weighted by Gasteiger charge is -2.25. The van der Waals surface area contributed by atoms with Gasteiger partial charge in [-0.1, -0.05) is 6.07 Å². The number of hydrogen-bond acceptors (Lipinski definition) is 3. The van der Waals surface area contributed by atoms with Crippen molar-refractivity contribution in [3.05, 3.63) is 22.4 Å². The van der Waals surface area contributed by atoms with E-state index in [0.717, 1.165) is 6.42 Å². The number of amides is 2. The molecule has 1 saturated heterocycles. The van der Waals surface area contributed by atoms with Gasteiger partial charge in [0, 0.05) is 31.6 Å². The predicted molar refractivity (Wildman–Crippen MR) is 78.0 cm³/mol. The first kappa shape index (κ1) is 14.8. The first-order valence-corrected chi connectivity index (χ1v) is 7.56. The molecule has 0 spiro atoms. The first-order valence-electron chi connectivity index (χ1n) is 6.68. The van der Waals surface area contributed by atoms with Crippen LogP contribution in [0, 0.1) is 5.41 Å². The van der Waals surface area contributed by atoms with E-state index >= 15 is 0 Å². The van der Waals surface area contributed by atoms with Gasteiger partial charge in [0.25, 0.3) is 0 Å². The minimum absolute atomic E-state index is 0.0773. The van der Waals surface area contributed by atoms with Gasteiger partial charge in [-0.2, -0.15) is 0 Å². The fourth-order valence-corrected chi connectivity index (χ4v) is 3.07. The summed E-state index contributed by atoms with van der Waals surface area (Å²) in [6.07, 6.45) is 1.36. The van der Waals surface area contributed by atoms with E-state index in [4.69, 9.17) is 0 Å². The van der Waals surface area contributed by atoms with E-state index in [0.29, 0.717) is 26.1 Å². The standard InChI is InChI=1S/C14H20N2O3S/c1-14(12(17)18)6-8-16(10-14)13(19)15(2)7-5-11-4-3-9-20-11/h3-4,9H,5-8,10H2,1-2H3,(H,17,18). The SMILES string of the molecule is CN(CCc1cccs1)C(=O)N1CCC(C)(C(=O)O)C1. The van der Waals surface area contributed by atoms with Crippen LogP contribution in [-0.2, 0) is 11.2 Å². The van der Waals surface area contributed by atoms with Crippen LogP contribution in [-0.4, -0.2) is 53.6 Å². The summed E-state index contributed by atoms with van der Waals surface area (Å²) in [5.74, 6) is -0.825. The van der Waals surface area contributed by atoms with Crippen molar-refractivity contribution >= 4 is 23.3 Å². The molecule has 1 N–H and O–H groups in total. The molecule has 1 atom stereocenters. The lowest BCUT2D eigenvalue weighted by Crippen LogP contribution is -2.42. The Bertz CT molecular complexity index is 489. The molecule has 2 amide bonds. The molecular weight excluding hydrogens is 276 g/mol. The molecule has 1 unspecified atom stereocenters. The second-order valence-electron chi connectivity index (χ2n) is 5.57. The summed E-state index contributed by atoms with van der Waals surface area (Å²) in [6, 6.07) is 3.98. The summed E-state index contributed by atoms with van der Waals surface area (Å²) in [5.41, 5.74) is -0.801. The average molecular weight is 296 g/mol. The highest BCUT2D eigenvalue weighted by Gasteiger charge is 2.42. The van der Waals surface area contributed by atoms with Crippen LogP contribution in [0.3, 0.4) is 0 Å². The number of urea groups is 1. The van der Waals surface area contributed by atoms with E-state index in [9.17, 15) is 14.7 Å². The second-order valence-corrected chi connectivity index (χ2v) is 6.60. The summed E-state index contributed by atoms with van der Waals surface area (Å²) >= 11 is 1.68. The minimum atomic E-state index is -0.825. The van der Waals surface area contributed by atoms with Crippen LogP contribution in [0.15, 0.2) is 17.5 Å². The summed E-state index contributed by atoms with van der Waals surface area (Å²) < 4.78 is 0. The normalized spacial score (nSPS) is 22.0. The second kappa shape index (κ2) is 5.83. The summed E-state index contributed by atoms with van der Waals surface area (Å²) in [4.78, 5) is 28.0. The number of nitrogens with zero attached hydrogens (tertiary/aromatic N) is 2. The van der Waals surface area contributed by atoms with Gasteiger partial charge < -0.3 is 14.9 Å². The van der Waals surface area contributed by atoms with Gasteiger partial charge in [-0.25, -0.2) is 4.79 Å². The molecule has 6 heteroatoms. The highest BCUT2D eigenvalue weighted by Crippen LogP contribution is 2.30. The Labute approximate surface area is 122 Å². The number of thiophene rings is 1. The van der Waals surface area contributed by atoms with Crippen LogP contribution >= 0.6 is 11.3 Å². The van der Waals surface area contributed by atoms with E-state index < -0.39 is 11.4 Å². The highest BCUT2D eigenvalue weighted by molar-refractivity contribution is 7.09. The molecule has 1 aromatic heterocycles. The monoisotopic (exact) mass is 296 g/mol. The largest absolute Gasteiger partial charge is 0.481 e. The number of carbonyl (C=O) groups is 2. The lowest BCUT2D eigenvalue weighted by molar-refractivity contribution is -0.147. The molecule has 1 aliphatic rings. The average Bonchev–Trinajstić information content (AvgIpc) is 3.05. The first-order chi connectivity index (χ1) is 9.42. The van der Waals surface area contributed by atoms with Crippen LogP contribution < -0.4 is 0 Å². The summed E-state index contributed by atoms with van der Waals surface area (Å²) in [6.45, 7) is 3.17. The maximum Gasteiger partial charge on any atom is 0.319 e. The molecule has 0 aliphatic carbocycles. The molecule has 0 aromatic carbocycles. The van der Waals surface area contributed by atoms with E-state index in [1.807, 2.05) is 11.4 Å². The Kier molecular flexibility index (Phi) is 4.32. The van der Waals surface area contributed by atoms with E-state index in [2.05, 4.69) is 6.07 Å². The van der Waals surface area contributed by atoms with Gasteiger partial charge in [-0.3, -0.25) is 4.79 Å². The fraction of sp³-hybridized carbons (Fsp3) is 0.571. The van der Waals surface area contributed by atoms with Crippen molar-refractivity contribution in [1.29, 1.82) is 0 Å². The topological polar surface area (TPSA) is 60.9 Å². The number of carbonyl (C=O) groups excluding carboxylic acids is 1. The molecule has 110 valence electrons. The van der Waals surface area contributed by atoms with Crippen molar-refractivity contribution in [2.45, 2.75) is 19.8 Å². The number of carboxylic acids is 1. The van der Waals surface area contributed by atoms with Gasteiger partial charge in [-0.05, 0) is 31.2 Å². The van der Waals surface area contributed by atoms with Crippen LogP contribution in [0.25, 0.3) is 0 Å². The van der Waals surface area contributed by atoms with Crippen LogP contribution in [0.1, 0.15) is 18.2 Å². The maximum atomic E-state index is 12.3. The van der Waals surface area contributed by atoms with Crippen molar-refractivity contribution in [2.24, 2.45) is 5.41 Å². The molecule has 20 heavy (non-hydrogen) atoms. The zero-order valence-electron chi connectivity index (χ0n) is 11.8. The van der Waals surface area contributed by atoms with Gasteiger partial charge >= 0.3 is 12.0 Å². The fourth-order valence-electron chi connectivity index (χ4n) is 2.37. The zero-order chi connectivity index (χ0) is 14.8. The van der Waals surface area contributed by atoms with Crippen molar-refractivity contribution < 1.29 is 14.7 Å². The number of carboxylic acid groups (broad SMARTS) is 1. The maximum absolute atomic E-state index is 12.3. The molecule has 1 aromatic rings. The number of hydrogen-bond donors (Lipinski definition) is 1. The third-order valence-electron chi connectivity index (χ3n) is 3.86.